The number of thiophene rings is 1. The van der Waals surface area contributed by atoms with Crippen molar-refractivity contribution in [3.63, 3.8) is 0 Å². The van der Waals surface area contributed by atoms with E-state index in [2.05, 4.69) is 24.4 Å². The van der Waals surface area contributed by atoms with Crippen molar-refractivity contribution >= 4 is 17.2 Å². The molecule has 1 aliphatic rings. The lowest BCUT2D eigenvalue weighted by atomic mass is 10.00. The zero-order chi connectivity index (χ0) is 14.1. The summed E-state index contributed by atoms with van der Waals surface area (Å²) >= 11 is 1.77. The molecule has 2 heterocycles. The summed E-state index contributed by atoms with van der Waals surface area (Å²) < 4.78 is 0. The average Bonchev–Trinajstić information content (AvgIpc) is 2.96. The second kappa shape index (κ2) is 5.10. The van der Waals surface area contributed by atoms with Gasteiger partial charge in [-0.05, 0) is 54.6 Å². The van der Waals surface area contributed by atoms with Crippen LogP contribution in [0, 0.1) is 11.3 Å². The number of hydrogen-bond donors (Lipinski definition) is 0. The van der Waals surface area contributed by atoms with Gasteiger partial charge in [0.25, 0.3) is 5.91 Å². The zero-order valence-electron chi connectivity index (χ0n) is 11.2. The summed E-state index contributed by atoms with van der Waals surface area (Å²) in [5.74, 6) is 0.0406. The minimum atomic E-state index is 0.0406. The Bertz CT molecular complexity index is 681. The first-order chi connectivity index (χ1) is 9.70. The van der Waals surface area contributed by atoms with Crippen LogP contribution in [0.5, 0.6) is 0 Å². The Morgan fingerprint density at radius 2 is 2.10 bits per heavy atom. The summed E-state index contributed by atoms with van der Waals surface area (Å²) in [5, 5.41) is 10.9. The number of nitriles is 1. The summed E-state index contributed by atoms with van der Waals surface area (Å²) in [5.41, 5.74) is 2.49. The first kappa shape index (κ1) is 12.9. The van der Waals surface area contributed by atoms with E-state index in [1.165, 1.54) is 10.4 Å². The van der Waals surface area contributed by atoms with Crippen LogP contribution in [0.15, 0.2) is 35.7 Å². The molecule has 0 radical (unpaired) electrons. The van der Waals surface area contributed by atoms with Gasteiger partial charge in [-0.25, -0.2) is 0 Å². The van der Waals surface area contributed by atoms with Gasteiger partial charge in [-0.15, -0.1) is 11.3 Å². The van der Waals surface area contributed by atoms with E-state index in [4.69, 9.17) is 5.26 Å². The summed E-state index contributed by atoms with van der Waals surface area (Å²) in [6.45, 7) is 2.83. The lowest BCUT2D eigenvalue weighted by Crippen LogP contribution is -2.38. The molecule has 1 atom stereocenters. The van der Waals surface area contributed by atoms with Gasteiger partial charge < -0.3 is 4.90 Å². The van der Waals surface area contributed by atoms with Gasteiger partial charge in [-0.3, -0.25) is 4.79 Å². The van der Waals surface area contributed by atoms with Crippen LogP contribution in [0.4, 0.5) is 0 Å². The quantitative estimate of drug-likeness (QED) is 0.805. The lowest BCUT2D eigenvalue weighted by molar-refractivity contribution is 0.0679. The van der Waals surface area contributed by atoms with Crippen molar-refractivity contribution < 1.29 is 4.79 Å². The molecular weight excluding hydrogens is 268 g/mol. The van der Waals surface area contributed by atoms with Gasteiger partial charge in [0.05, 0.1) is 17.7 Å². The van der Waals surface area contributed by atoms with Crippen LogP contribution < -0.4 is 0 Å². The van der Waals surface area contributed by atoms with Crippen LogP contribution in [-0.4, -0.2) is 17.4 Å². The highest BCUT2D eigenvalue weighted by Gasteiger charge is 2.28. The summed E-state index contributed by atoms with van der Waals surface area (Å²) in [7, 11) is 0. The minimum absolute atomic E-state index is 0.0406. The van der Waals surface area contributed by atoms with Crippen molar-refractivity contribution in [2.24, 2.45) is 0 Å². The van der Waals surface area contributed by atoms with Crippen LogP contribution in [-0.2, 0) is 6.42 Å². The molecule has 4 heteroatoms. The molecule has 2 aromatic rings. The second-order valence-electron chi connectivity index (χ2n) is 4.91. The molecule has 1 aromatic carbocycles. The molecule has 0 aliphatic carbocycles. The number of benzene rings is 1. The standard InChI is InChI=1S/C16H14N2OS/c1-11-14-7-9-20-15(14)6-8-18(11)16(19)13-4-2-12(10-17)3-5-13/h2-5,7,9,11H,6,8H2,1H3. The lowest BCUT2D eigenvalue weighted by Gasteiger charge is -2.33. The van der Waals surface area contributed by atoms with Crippen molar-refractivity contribution in [1.82, 2.24) is 4.90 Å². The smallest absolute Gasteiger partial charge is 0.254 e. The maximum absolute atomic E-state index is 12.6. The molecule has 1 aromatic heterocycles. The number of rotatable bonds is 1. The Morgan fingerprint density at radius 3 is 2.80 bits per heavy atom. The second-order valence-corrected chi connectivity index (χ2v) is 5.91. The molecule has 0 fully saturated rings. The molecule has 3 nitrogen and oxygen atoms in total. The molecule has 0 bridgehead atoms. The molecule has 1 amide bonds. The normalized spacial score (nSPS) is 17.4. The van der Waals surface area contributed by atoms with Gasteiger partial charge in [0.2, 0.25) is 0 Å². The van der Waals surface area contributed by atoms with Crippen LogP contribution in [0.3, 0.4) is 0 Å². The number of carbonyl (C=O) groups is 1. The Hall–Kier alpha value is -2.12. The first-order valence-corrected chi connectivity index (χ1v) is 7.46. The highest BCUT2D eigenvalue weighted by Crippen LogP contribution is 2.33. The summed E-state index contributed by atoms with van der Waals surface area (Å²) in [4.78, 5) is 15.9. The minimum Gasteiger partial charge on any atom is -0.331 e. The van der Waals surface area contributed by atoms with Gasteiger partial charge in [0.1, 0.15) is 0 Å². The third-order valence-electron chi connectivity index (χ3n) is 3.80. The van der Waals surface area contributed by atoms with E-state index in [1.54, 1.807) is 35.6 Å². The number of amides is 1. The molecule has 0 N–H and O–H groups in total. The van der Waals surface area contributed by atoms with Crippen LogP contribution >= 0.6 is 11.3 Å². The van der Waals surface area contributed by atoms with E-state index in [0.29, 0.717) is 11.1 Å². The van der Waals surface area contributed by atoms with Crippen molar-refractivity contribution in [3.05, 3.63) is 57.3 Å². The van der Waals surface area contributed by atoms with Gasteiger partial charge in [-0.1, -0.05) is 0 Å². The van der Waals surface area contributed by atoms with Crippen molar-refractivity contribution in [2.45, 2.75) is 19.4 Å². The molecule has 1 aliphatic heterocycles. The SMILES string of the molecule is CC1c2ccsc2CCN1C(=O)c1ccc(C#N)cc1. The highest BCUT2D eigenvalue weighted by atomic mass is 32.1. The Labute approximate surface area is 122 Å². The molecule has 3 rings (SSSR count). The van der Waals surface area contributed by atoms with E-state index in [1.807, 2.05) is 4.90 Å². The average molecular weight is 282 g/mol. The highest BCUT2D eigenvalue weighted by molar-refractivity contribution is 7.10. The molecule has 20 heavy (non-hydrogen) atoms. The van der Waals surface area contributed by atoms with Gasteiger partial charge in [0, 0.05) is 17.0 Å². The maximum atomic E-state index is 12.6. The Kier molecular flexibility index (Phi) is 3.29. The monoisotopic (exact) mass is 282 g/mol. The fourth-order valence-electron chi connectivity index (χ4n) is 2.64. The van der Waals surface area contributed by atoms with Crippen molar-refractivity contribution in [3.8, 4) is 6.07 Å². The van der Waals surface area contributed by atoms with E-state index in [0.717, 1.165) is 13.0 Å². The fraction of sp³-hybridized carbons (Fsp3) is 0.250. The molecule has 100 valence electrons. The van der Waals surface area contributed by atoms with E-state index in [-0.39, 0.29) is 11.9 Å². The predicted molar refractivity (Wildman–Crippen MR) is 78.6 cm³/mol. The number of hydrogen-bond acceptors (Lipinski definition) is 3. The number of carbonyl (C=O) groups excluding carboxylic acids is 1. The molecule has 0 spiro atoms. The van der Waals surface area contributed by atoms with Gasteiger partial charge >= 0.3 is 0 Å². The maximum Gasteiger partial charge on any atom is 0.254 e. The molecular formula is C16H14N2OS. The van der Waals surface area contributed by atoms with E-state index >= 15 is 0 Å². The van der Waals surface area contributed by atoms with Crippen molar-refractivity contribution in [1.29, 1.82) is 5.26 Å². The predicted octanol–water partition coefficient (Wildman–Crippen LogP) is 3.38. The van der Waals surface area contributed by atoms with E-state index < -0.39 is 0 Å². The topological polar surface area (TPSA) is 44.1 Å². The summed E-state index contributed by atoms with van der Waals surface area (Å²) in [6.07, 6.45) is 0.930. The van der Waals surface area contributed by atoms with Gasteiger partial charge in [0.15, 0.2) is 0 Å². The molecule has 1 unspecified atom stereocenters. The van der Waals surface area contributed by atoms with Crippen LogP contribution in [0.1, 0.15) is 39.3 Å². The molecule has 0 saturated heterocycles. The largest absolute Gasteiger partial charge is 0.331 e. The van der Waals surface area contributed by atoms with Crippen molar-refractivity contribution in [2.75, 3.05) is 6.54 Å². The first-order valence-electron chi connectivity index (χ1n) is 6.58. The number of fused-ring (bicyclic) bond motifs is 1. The third-order valence-corrected chi connectivity index (χ3v) is 4.80. The van der Waals surface area contributed by atoms with E-state index in [9.17, 15) is 4.79 Å². The fourth-order valence-corrected chi connectivity index (χ4v) is 3.60. The van der Waals surface area contributed by atoms with Gasteiger partial charge in [-0.2, -0.15) is 5.26 Å². The van der Waals surface area contributed by atoms with Crippen LogP contribution in [0.25, 0.3) is 0 Å². The summed E-state index contributed by atoms with van der Waals surface area (Å²) in [6, 6.07) is 11.2. The Balaban J connectivity index is 1.86. The zero-order valence-corrected chi connectivity index (χ0v) is 12.0. The third kappa shape index (κ3) is 2.10. The van der Waals surface area contributed by atoms with Crippen LogP contribution in [0.2, 0.25) is 0 Å². The number of nitrogens with zero attached hydrogens (tertiary/aromatic N) is 2. The Morgan fingerprint density at radius 1 is 1.35 bits per heavy atom. The molecule has 0 saturated carbocycles.